The van der Waals surface area contributed by atoms with Gasteiger partial charge >= 0.3 is 0 Å². The van der Waals surface area contributed by atoms with Gasteiger partial charge in [-0.2, -0.15) is 5.10 Å². The van der Waals surface area contributed by atoms with Crippen LogP contribution in [0.5, 0.6) is 0 Å². The topological polar surface area (TPSA) is 67.2 Å². The van der Waals surface area contributed by atoms with Gasteiger partial charge in [-0.3, -0.25) is 9.59 Å². The largest absolute Gasteiger partial charge is 0.343 e. The number of nitrogens with zero attached hydrogens (tertiary/aromatic N) is 3. The van der Waals surface area contributed by atoms with Crippen LogP contribution < -0.4 is 5.32 Å². The van der Waals surface area contributed by atoms with Gasteiger partial charge in [0.1, 0.15) is 5.82 Å². The molecule has 2 amide bonds. The molecule has 0 atom stereocenters. The molecular weight excluding hydrogens is 280 g/mol. The molecule has 0 radical (unpaired) electrons. The average Bonchev–Trinajstić information content (AvgIpc) is 3.18. The number of hydrogen-bond acceptors (Lipinski definition) is 3. The minimum atomic E-state index is -0.0115. The van der Waals surface area contributed by atoms with E-state index in [9.17, 15) is 9.59 Å². The molecular formula is C16H24N4O2. The lowest BCUT2D eigenvalue weighted by molar-refractivity contribution is -0.132. The molecule has 3 rings (SSSR count). The van der Waals surface area contributed by atoms with Crippen LogP contribution in [0.1, 0.15) is 51.5 Å². The minimum Gasteiger partial charge on any atom is -0.343 e. The van der Waals surface area contributed by atoms with E-state index in [-0.39, 0.29) is 17.7 Å². The second-order valence-electron chi connectivity index (χ2n) is 6.37. The van der Waals surface area contributed by atoms with Crippen LogP contribution in [-0.4, -0.2) is 39.6 Å². The monoisotopic (exact) mass is 304 g/mol. The summed E-state index contributed by atoms with van der Waals surface area (Å²) in [4.78, 5) is 25.6. The second kappa shape index (κ2) is 6.50. The Kier molecular flexibility index (Phi) is 4.45. The Labute approximate surface area is 130 Å². The average molecular weight is 304 g/mol. The SMILES string of the molecule is CC(=O)N1CCC(C(=O)Nc2ccnn2C2CCCC2)CC1. The summed E-state index contributed by atoms with van der Waals surface area (Å²) < 4.78 is 1.97. The van der Waals surface area contributed by atoms with Crippen molar-refractivity contribution < 1.29 is 9.59 Å². The van der Waals surface area contributed by atoms with E-state index < -0.39 is 0 Å². The van der Waals surface area contributed by atoms with Crippen molar-refractivity contribution in [2.24, 2.45) is 5.92 Å². The Morgan fingerprint density at radius 2 is 1.86 bits per heavy atom. The first-order valence-electron chi connectivity index (χ1n) is 8.25. The summed E-state index contributed by atoms with van der Waals surface area (Å²) >= 11 is 0. The number of carbonyl (C=O) groups excluding carboxylic acids is 2. The predicted octanol–water partition coefficient (Wildman–Crippen LogP) is 2.20. The molecule has 2 fully saturated rings. The molecule has 6 heteroatoms. The fourth-order valence-corrected chi connectivity index (χ4v) is 3.54. The van der Waals surface area contributed by atoms with Gasteiger partial charge in [-0.05, 0) is 25.7 Å². The van der Waals surface area contributed by atoms with Gasteiger partial charge in [0.15, 0.2) is 0 Å². The molecule has 1 aliphatic heterocycles. The molecule has 0 spiro atoms. The molecule has 22 heavy (non-hydrogen) atoms. The Hall–Kier alpha value is -1.85. The van der Waals surface area contributed by atoms with Crippen LogP contribution in [0.15, 0.2) is 12.3 Å². The van der Waals surface area contributed by atoms with Crippen molar-refractivity contribution in [1.29, 1.82) is 0 Å². The standard InChI is InChI=1S/C16H24N4O2/c1-12(21)19-10-7-13(8-11-19)16(22)18-15-6-9-17-20(15)14-4-2-3-5-14/h6,9,13-14H,2-5,7-8,10-11H2,1H3,(H,18,22). The fraction of sp³-hybridized carbons (Fsp3) is 0.688. The minimum absolute atomic E-state index is 0.0115. The second-order valence-corrected chi connectivity index (χ2v) is 6.37. The van der Waals surface area contributed by atoms with Crippen LogP contribution in [0.4, 0.5) is 5.82 Å². The zero-order chi connectivity index (χ0) is 15.5. The molecule has 2 aliphatic rings. The van der Waals surface area contributed by atoms with E-state index in [1.165, 1.54) is 12.8 Å². The zero-order valence-electron chi connectivity index (χ0n) is 13.1. The van der Waals surface area contributed by atoms with Crippen molar-refractivity contribution >= 4 is 17.6 Å². The molecule has 0 bridgehead atoms. The summed E-state index contributed by atoms with van der Waals surface area (Å²) in [7, 11) is 0. The summed E-state index contributed by atoms with van der Waals surface area (Å²) in [5.41, 5.74) is 0. The van der Waals surface area contributed by atoms with Crippen molar-refractivity contribution in [3.8, 4) is 0 Å². The first-order valence-corrected chi connectivity index (χ1v) is 8.25. The third-order valence-electron chi connectivity index (χ3n) is 4.90. The van der Waals surface area contributed by atoms with Gasteiger partial charge in [-0.1, -0.05) is 12.8 Å². The maximum Gasteiger partial charge on any atom is 0.228 e. The van der Waals surface area contributed by atoms with Crippen molar-refractivity contribution in [3.63, 3.8) is 0 Å². The van der Waals surface area contributed by atoms with E-state index in [0.717, 1.165) is 31.5 Å². The van der Waals surface area contributed by atoms with E-state index in [4.69, 9.17) is 0 Å². The van der Waals surface area contributed by atoms with Crippen LogP contribution in [0, 0.1) is 5.92 Å². The van der Waals surface area contributed by atoms with Crippen LogP contribution in [0.2, 0.25) is 0 Å². The van der Waals surface area contributed by atoms with Gasteiger partial charge in [0.2, 0.25) is 11.8 Å². The molecule has 1 saturated heterocycles. The molecule has 1 N–H and O–H groups in total. The van der Waals surface area contributed by atoms with Gasteiger partial charge in [0.25, 0.3) is 0 Å². The van der Waals surface area contributed by atoms with Crippen molar-refractivity contribution in [2.75, 3.05) is 18.4 Å². The highest BCUT2D eigenvalue weighted by Gasteiger charge is 2.27. The molecule has 6 nitrogen and oxygen atoms in total. The van der Waals surface area contributed by atoms with Gasteiger partial charge in [0.05, 0.1) is 12.2 Å². The highest BCUT2D eigenvalue weighted by Crippen LogP contribution is 2.31. The number of rotatable bonds is 3. The smallest absolute Gasteiger partial charge is 0.228 e. The summed E-state index contributed by atoms with van der Waals surface area (Å²) in [6, 6.07) is 2.30. The van der Waals surface area contributed by atoms with E-state index in [0.29, 0.717) is 19.1 Å². The lowest BCUT2D eigenvalue weighted by Gasteiger charge is -2.30. The summed E-state index contributed by atoms with van der Waals surface area (Å²) in [6.45, 7) is 2.94. The summed E-state index contributed by atoms with van der Waals surface area (Å²) in [5.74, 6) is 0.953. The van der Waals surface area contributed by atoms with E-state index in [1.807, 2.05) is 15.6 Å². The van der Waals surface area contributed by atoms with Crippen LogP contribution in [-0.2, 0) is 9.59 Å². The number of carbonyl (C=O) groups is 2. The molecule has 0 unspecified atom stereocenters. The first kappa shape index (κ1) is 15.1. The number of nitrogens with one attached hydrogen (secondary N) is 1. The number of piperidine rings is 1. The van der Waals surface area contributed by atoms with E-state index in [2.05, 4.69) is 10.4 Å². The lowest BCUT2D eigenvalue weighted by Crippen LogP contribution is -2.40. The van der Waals surface area contributed by atoms with Crippen LogP contribution in [0.25, 0.3) is 0 Å². The van der Waals surface area contributed by atoms with Gasteiger partial charge in [-0.25, -0.2) is 4.68 Å². The van der Waals surface area contributed by atoms with Crippen molar-refractivity contribution in [3.05, 3.63) is 12.3 Å². The first-order chi connectivity index (χ1) is 10.6. The summed E-state index contributed by atoms with van der Waals surface area (Å²) in [6.07, 6.45) is 7.99. The highest BCUT2D eigenvalue weighted by atomic mass is 16.2. The fourth-order valence-electron chi connectivity index (χ4n) is 3.54. The highest BCUT2D eigenvalue weighted by molar-refractivity contribution is 5.92. The number of anilines is 1. The number of hydrogen-bond donors (Lipinski definition) is 1. The maximum absolute atomic E-state index is 12.5. The summed E-state index contributed by atoms with van der Waals surface area (Å²) in [5, 5.41) is 7.42. The number of aromatic nitrogens is 2. The van der Waals surface area contributed by atoms with Crippen molar-refractivity contribution in [1.82, 2.24) is 14.7 Å². The van der Waals surface area contributed by atoms with Gasteiger partial charge in [0, 0.05) is 32.0 Å². The third-order valence-corrected chi connectivity index (χ3v) is 4.90. The van der Waals surface area contributed by atoms with Gasteiger partial charge < -0.3 is 10.2 Å². The Morgan fingerprint density at radius 3 is 2.50 bits per heavy atom. The maximum atomic E-state index is 12.5. The quantitative estimate of drug-likeness (QED) is 0.931. The Bertz CT molecular complexity index is 540. The Morgan fingerprint density at radius 1 is 1.18 bits per heavy atom. The molecule has 1 aromatic rings. The van der Waals surface area contributed by atoms with Crippen molar-refractivity contribution in [2.45, 2.75) is 51.5 Å². The van der Waals surface area contributed by atoms with Crippen LogP contribution >= 0.6 is 0 Å². The number of likely N-dealkylation sites (tertiary alicyclic amines) is 1. The molecule has 1 aromatic heterocycles. The third kappa shape index (κ3) is 3.15. The molecule has 2 heterocycles. The normalized spacial score (nSPS) is 20.3. The van der Waals surface area contributed by atoms with E-state index in [1.54, 1.807) is 13.1 Å². The van der Waals surface area contributed by atoms with Gasteiger partial charge in [-0.15, -0.1) is 0 Å². The number of amides is 2. The molecule has 0 aromatic carbocycles. The molecule has 120 valence electrons. The predicted molar refractivity (Wildman–Crippen MR) is 83.3 cm³/mol. The van der Waals surface area contributed by atoms with E-state index >= 15 is 0 Å². The molecule has 1 aliphatic carbocycles. The lowest BCUT2D eigenvalue weighted by atomic mass is 9.96. The Balaban J connectivity index is 1.58. The zero-order valence-corrected chi connectivity index (χ0v) is 13.1. The van der Waals surface area contributed by atoms with Crippen LogP contribution in [0.3, 0.4) is 0 Å². The molecule has 1 saturated carbocycles.